The molecule has 0 aliphatic carbocycles. The van der Waals surface area contributed by atoms with Crippen LogP contribution in [0.25, 0.3) is 0 Å². The number of benzene rings is 1. The zero-order chi connectivity index (χ0) is 15.9. The van der Waals surface area contributed by atoms with E-state index in [2.05, 4.69) is 10.5 Å². The molecule has 1 atom stereocenters. The van der Waals surface area contributed by atoms with E-state index in [1.165, 1.54) is 6.21 Å². The molecule has 0 fully saturated rings. The van der Waals surface area contributed by atoms with Gasteiger partial charge in [0.15, 0.2) is 0 Å². The standard InChI is InChI=1S/C15H21N3O3/c1-15(2,3)21-14(20)12(9-16)10-17-18-13(19)11-7-5-4-6-8-11/h4-8,10,12H,9,16H2,1-3H3,(H,18,19)/b17-10+. The van der Waals surface area contributed by atoms with Gasteiger partial charge in [0.1, 0.15) is 11.5 Å². The van der Waals surface area contributed by atoms with Crippen LogP contribution in [0.5, 0.6) is 0 Å². The Bertz CT molecular complexity index is 507. The zero-order valence-electron chi connectivity index (χ0n) is 12.5. The van der Waals surface area contributed by atoms with Gasteiger partial charge in [-0.2, -0.15) is 5.10 Å². The first-order chi connectivity index (χ1) is 9.83. The molecular formula is C15H21N3O3. The molecule has 0 radical (unpaired) electrons. The topological polar surface area (TPSA) is 93.8 Å². The van der Waals surface area contributed by atoms with Crippen LogP contribution >= 0.6 is 0 Å². The molecule has 1 aromatic rings. The van der Waals surface area contributed by atoms with E-state index >= 15 is 0 Å². The van der Waals surface area contributed by atoms with Gasteiger partial charge in [-0.15, -0.1) is 0 Å². The summed E-state index contributed by atoms with van der Waals surface area (Å²) in [5, 5.41) is 3.76. The highest BCUT2D eigenvalue weighted by Gasteiger charge is 2.22. The number of carbonyl (C=O) groups excluding carboxylic acids is 2. The number of carbonyl (C=O) groups is 2. The monoisotopic (exact) mass is 291 g/mol. The van der Waals surface area contributed by atoms with Gasteiger partial charge >= 0.3 is 5.97 Å². The number of nitrogens with one attached hydrogen (secondary N) is 1. The first-order valence-electron chi connectivity index (χ1n) is 6.65. The molecule has 1 aromatic carbocycles. The molecule has 1 amide bonds. The lowest BCUT2D eigenvalue weighted by molar-refractivity contribution is -0.156. The summed E-state index contributed by atoms with van der Waals surface area (Å²) in [5.41, 5.74) is 7.76. The highest BCUT2D eigenvalue weighted by Crippen LogP contribution is 2.10. The predicted molar refractivity (Wildman–Crippen MR) is 80.8 cm³/mol. The maximum Gasteiger partial charge on any atom is 0.316 e. The first-order valence-corrected chi connectivity index (χ1v) is 6.65. The van der Waals surface area contributed by atoms with Gasteiger partial charge in [0.2, 0.25) is 0 Å². The minimum Gasteiger partial charge on any atom is -0.459 e. The second-order valence-corrected chi connectivity index (χ2v) is 5.46. The number of nitrogens with two attached hydrogens (primary N) is 1. The van der Waals surface area contributed by atoms with Crippen molar-refractivity contribution >= 4 is 18.1 Å². The van der Waals surface area contributed by atoms with Crippen molar-refractivity contribution in [3.8, 4) is 0 Å². The average molecular weight is 291 g/mol. The Morgan fingerprint density at radius 1 is 1.33 bits per heavy atom. The van der Waals surface area contributed by atoms with Gasteiger partial charge in [0, 0.05) is 18.3 Å². The van der Waals surface area contributed by atoms with Crippen LogP contribution in [0.1, 0.15) is 31.1 Å². The van der Waals surface area contributed by atoms with Crippen molar-refractivity contribution in [3.05, 3.63) is 35.9 Å². The number of hydrogen-bond donors (Lipinski definition) is 2. The van der Waals surface area contributed by atoms with Gasteiger partial charge in [0.25, 0.3) is 5.91 Å². The Kier molecular flexibility index (Phi) is 6.05. The first kappa shape index (κ1) is 16.8. The van der Waals surface area contributed by atoms with E-state index < -0.39 is 17.5 Å². The normalized spacial score (nSPS) is 13.0. The van der Waals surface area contributed by atoms with Crippen molar-refractivity contribution in [2.45, 2.75) is 26.4 Å². The van der Waals surface area contributed by atoms with E-state index in [0.29, 0.717) is 5.56 Å². The minimum atomic E-state index is -0.694. The molecule has 1 unspecified atom stereocenters. The SMILES string of the molecule is CC(C)(C)OC(=O)C(/C=N/NC(=O)c1ccccc1)CN. The van der Waals surface area contributed by atoms with Gasteiger partial charge in [-0.3, -0.25) is 9.59 Å². The molecule has 0 aliphatic heterocycles. The van der Waals surface area contributed by atoms with E-state index in [1.54, 1.807) is 45.0 Å². The van der Waals surface area contributed by atoms with E-state index in [1.807, 2.05) is 6.07 Å². The number of hydrazone groups is 1. The van der Waals surface area contributed by atoms with Crippen molar-refractivity contribution in [2.24, 2.45) is 16.8 Å². The summed E-state index contributed by atoms with van der Waals surface area (Å²) in [6.45, 7) is 5.37. The molecule has 6 nitrogen and oxygen atoms in total. The molecule has 0 saturated carbocycles. The second kappa shape index (κ2) is 7.54. The molecule has 114 valence electrons. The van der Waals surface area contributed by atoms with E-state index in [4.69, 9.17) is 10.5 Å². The fraction of sp³-hybridized carbons (Fsp3) is 0.400. The van der Waals surface area contributed by atoms with Crippen LogP contribution < -0.4 is 11.2 Å². The molecule has 6 heteroatoms. The summed E-state index contributed by atoms with van der Waals surface area (Å²) in [6, 6.07) is 8.65. The summed E-state index contributed by atoms with van der Waals surface area (Å²) < 4.78 is 5.21. The van der Waals surface area contributed by atoms with Crippen LogP contribution in [-0.4, -0.2) is 30.2 Å². The Hall–Kier alpha value is -2.21. The van der Waals surface area contributed by atoms with Gasteiger partial charge in [-0.05, 0) is 32.9 Å². The fourth-order valence-electron chi connectivity index (χ4n) is 1.44. The number of hydrogen-bond acceptors (Lipinski definition) is 5. The number of esters is 1. The summed E-state index contributed by atoms with van der Waals surface area (Å²) in [7, 11) is 0. The molecule has 0 aromatic heterocycles. The van der Waals surface area contributed by atoms with Gasteiger partial charge in [-0.25, -0.2) is 5.43 Å². The van der Waals surface area contributed by atoms with Crippen LogP contribution in [0, 0.1) is 5.92 Å². The predicted octanol–water partition coefficient (Wildman–Crippen LogP) is 1.32. The van der Waals surface area contributed by atoms with Crippen molar-refractivity contribution in [1.82, 2.24) is 5.43 Å². The number of amides is 1. The molecule has 3 N–H and O–H groups in total. The molecule has 0 bridgehead atoms. The van der Waals surface area contributed by atoms with Crippen LogP contribution in [0.15, 0.2) is 35.4 Å². The van der Waals surface area contributed by atoms with Crippen LogP contribution in [0.2, 0.25) is 0 Å². The fourth-order valence-corrected chi connectivity index (χ4v) is 1.44. The minimum absolute atomic E-state index is 0.0552. The Morgan fingerprint density at radius 2 is 1.95 bits per heavy atom. The Morgan fingerprint density at radius 3 is 2.48 bits per heavy atom. The second-order valence-electron chi connectivity index (χ2n) is 5.46. The zero-order valence-corrected chi connectivity index (χ0v) is 12.5. The third-order valence-electron chi connectivity index (χ3n) is 2.42. The van der Waals surface area contributed by atoms with Gasteiger partial charge in [0.05, 0.1) is 0 Å². The molecule has 0 saturated heterocycles. The highest BCUT2D eigenvalue weighted by molar-refractivity contribution is 5.95. The van der Waals surface area contributed by atoms with Crippen molar-refractivity contribution < 1.29 is 14.3 Å². The van der Waals surface area contributed by atoms with Crippen molar-refractivity contribution in [1.29, 1.82) is 0 Å². The molecular weight excluding hydrogens is 270 g/mol. The summed E-state index contributed by atoms with van der Waals surface area (Å²) >= 11 is 0. The third-order valence-corrected chi connectivity index (χ3v) is 2.42. The maximum absolute atomic E-state index is 11.8. The van der Waals surface area contributed by atoms with E-state index in [0.717, 1.165) is 0 Å². The lowest BCUT2D eigenvalue weighted by Gasteiger charge is -2.21. The van der Waals surface area contributed by atoms with Crippen molar-refractivity contribution in [2.75, 3.05) is 6.54 Å². The largest absolute Gasteiger partial charge is 0.459 e. The molecule has 0 spiro atoms. The molecule has 0 heterocycles. The lowest BCUT2D eigenvalue weighted by atomic mass is 10.1. The van der Waals surface area contributed by atoms with Crippen LogP contribution in [0.3, 0.4) is 0 Å². The highest BCUT2D eigenvalue weighted by atomic mass is 16.6. The third kappa shape index (κ3) is 6.18. The van der Waals surface area contributed by atoms with E-state index in [-0.39, 0.29) is 12.5 Å². The number of ether oxygens (including phenoxy) is 1. The van der Waals surface area contributed by atoms with Crippen LogP contribution in [-0.2, 0) is 9.53 Å². The summed E-state index contributed by atoms with van der Waals surface area (Å²) in [5.74, 6) is -1.52. The Balaban J connectivity index is 2.57. The Labute approximate surface area is 124 Å². The summed E-state index contributed by atoms with van der Waals surface area (Å²) in [6.07, 6.45) is 1.29. The number of rotatable bonds is 5. The summed E-state index contributed by atoms with van der Waals surface area (Å²) in [4.78, 5) is 23.6. The quantitative estimate of drug-likeness (QED) is 0.486. The molecule has 0 aliphatic rings. The smallest absolute Gasteiger partial charge is 0.316 e. The van der Waals surface area contributed by atoms with Crippen LogP contribution in [0.4, 0.5) is 0 Å². The van der Waals surface area contributed by atoms with Gasteiger partial charge in [-0.1, -0.05) is 18.2 Å². The lowest BCUT2D eigenvalue weighted by Crippen LogP contribution is -2.33. The molecule has 21 heavy (non-hydrogen) atoms. The maximum atomic E-state index is 11.8. The van der Waals surface area contributed by atoms with E-state index in [9.17, 15) is 9.59 Å². The van der Waals surface area contributed by atoms with Gasteiger partial charge < -0.3 is 10.5 Å². The van der Waals surface area contributed by atoms with Crippen molar-refractivity contribution in [3.63, 3.8) is 0 Å². The average Bonchev–Trinajstić information content (AvgIpc) is 2.42. The number of nitrogens with zero attached hydrogens (tertiary/aromatic N) is 1. The molecule has 1 rings (SSSR count).